The Morgan fingerprint density at radius 1 is 1.06 bits per heavy atom. The molecule has 1 fully saturated rings. The van der Waals surface area contributed by atoms with Crippen LogP contribution in [0.3, 0.4) is 0 Å². The maximum Gasteiger partial charge on any atom is 0.186 e. The Morgan fingerprint density at radius 3 is 2.06 bits per heavy atom. The van der Waals surface area contributed by atoms with Gasteiger partial charge in [-0.25, -0.2) is 0 Å². The summed E-state index contributed by atoms with van der Waals surface area (Å²) in [6.45, 7) is 2.03. The van der Waals surface area contributed by atoms with Crippen molar-refractivity contribution in [3.8, 4) is 0 Å². The van der Waals surface area contributed by atoms with Crippen LogP contribution in [-0.2, 0) is 18.9 Å². The lowest BCUT2D eigenvalue weighted by Gasteiger charge is -2.44. The Kier molecular flexibility index (Phi) is 5.64. The fourth-order valence-corrected chi connectivity index (χ4v) is 2.32. The zero-order chi connectivity index (χ0) is 12.1. The Bertz CT molecular complexity index is 181. The van der Waals surface area contributed by atoms with Crippen LogP contribution in [0.25, 0.3) is 0 Å². The third-order valence-electron chi connectivity index (χ3n) is 3.19. The van der Waals surface area contributed by atoms with E-state index >= 15 is 0 Å². The summed E-state index contributed by atoms with van der Waals surface area (Å²) in [4.78, 5) is 0. The molecule has 1 N–H and O–H groups in total. The first-order valence-electron chi connectivity index (χ1n) is 5.58. The molecule has 0 aromatic heterocycles. The van der Waals surface area contributed by atoms with Crippen molar-refractivity contribution in [2.75, 3.05) is 27.9 Å². The van der Waals surface area contributed by atoms with Gasteiger partial charge in [-0.1, -0.05) is 6.92 Å². The van der Waals surface area contributed by atoms with Gasteiger partial charge >= 0.3 is 0 Å². The average Bonchev–Trinajstić information content (AvgIpc) is 2.35. The predicted molar refractivity (Wildman–Crippen MR) is 58.1 cm³/mol. The highest BCUT2D eigenvalue weighted by Gasteiger charge is 2.45. The second-order valence-corrected chi connectivity index (χ2v) is 3.93. The summed E-state index contributed by atoms with van der Waals surface area (Å²) in [5.74, 6) is -0.0775. The summed E-state index contributed by atoms with van der Waals surface area (Å²) in [6, 6.07) is 0. The summed E-state index contributed by atoms with van der Waals surface area (Å²) >= 11 is 0. The second kappa shape index (κ2) is 6.51. The minimum atomic E-state index is -0.442. The molecule has 0 bridgehead atoms. The van der Waals surface area contributed by atoms with Gasteiger partial charge in [0.2, 0.25) is 0 Å². The molecule has 1 saturated heterocycles. The first-order chi connectivity index (χ1) is 7.73. The molecule has 0 saturated carbocycles. The lowest BCUT2D eigenvalue weighted by atomic mass is 9.88. The van der Waals surface area contributed by atoms with Crippen molar-refractivity contribution >= 4 is 0 Å². The number of aliphatic hydroxyl groups is 1. The lowest BCUT2D eigenvalue weighted by molar-refractivity contribution is -0.291. The van der Waals surface area contributed by atoms with Gasteiger partial charge in [0, 0.05) is 27.2 Å². The van der Waals surface area contributed by atoms with Crippen LogP contribution in [-0.4, -0.2) is 57.6 Å². The standard InChI is InChI=1S/C11H22O5/c1-5-8-7(6-12)9(13-2)10(14-3)11(15-4)16-8/h7-12H,5-6H2,1-4H3. The van der Waals surface area contributed by atoms with Gasteiger partial charge in [0.05, 0.1) is 18.8 Å². The SMILES string of the molecule is CCC1OC(OC)C(OC)C(OC)C1CO. The minimum Gasteiger partial charge on any atom is -0.396 e. The normalized spacial score (nSPS) is 39.9. The summed E-state index contributed by atoms with van der Waals surface area (Å²) in [5.41, 5.74) is 0. The third kappa shape index (κ3) is 2.55. The Balaban J connectivity index is 2.85. The van der Waals surface area contributed by atoms with E-state index in [2.05, 4.69) is 0 Å². The van der Waals surface area contributed by atoms with Gasteiger partial charge in [-0.2, -0.15) is 0 Å². The molecule has 0 aromatic rings. The Labute approximate surface area is 96.6 Å². The first kappa shape index (κ1) is 13.9. The van der Waals surface area contributed by atoms with Gasteiger partial charge in [0.1, 0.15) is 6.10 Å². The highest BCUT2D eigenvalue weighted by Crippen LogP contribution is 2.31. The molecule has 0 aliphatic carbocycles. The van der Waals surface area contributed by atoms with Gasteiger partial charge < -0.3 is 24.1 Å². The molecule has 1 aliphatic heterocycles. The predicted octanol–water partition coefficient (Wildman–Crippen LogP) is 0.406. The molecule has 16 heavy (non-hydrogen) atoms. The lowest BCUT2D eigenvalue weighted by Crippen LogP contribution is -2.57. The van der Waals surface area contributed by atoms with E-state index in [1.165, 1.54) is 0 Å². The Hall–Kier alpha value is -0.200. The molecule has 5 atom stereocenters. The van der Waals surface area contributed by atoms with E-state index in [0.717, 1.165) is 6.42 Å². The van der Waals surface area contributed by atoms with E-state index in [4.69, 9.17) is 18.9 Å². The van der Waals surface area contributed by atoms with Crippen molar-refractivity contribution in [2.24, 2.45) is 5.92 Å². The number of rotatable bonds is 5. The number of methoxy groups -OCH3 is 3. The molecular weight excluding hydrogens is 212 g/mol. The first-order valence-corrected chi connectivity index (χ1v) is 5.58. The van der Waals surface area contributed by atoms with Crippen LogP contribution in [0.15, 0.2) is 0 Å². The Morgan fingerprint density at radius 2 is 1.69 bits per heavy atom. The number of hydrogen-bond acceptors (Lipinski definition) is 5. The van der Waals surface area contributed by atoms with Crippen LogP contribution in [0.5, 0.6) is 0 Å². The largest absolute Gasteiger partial charge is 0.396 e. The van der Waals surface area contributed by atoms with E-state index in [0.29, 0.717) is 0 Å². The zero-order valence-corrected chi connectivity index (χ0v) is 10.4. The van der Waals surface area contributed by atoms with Crippen molar-refractivity contribution in [1.29, 1.82) is 0 Å². The van der Waals surface area contributed by atoms with E-state index in [-0.39, 0.29) is 30.8 Å². The molecule has 0 radical (unpaired) electrons. The molecule has 0 aromatic carbocycles. The van der Waals surface area contributed by atoms with Gasteiger partial charge in [0.15, 0.2) is 6.29 Å². The monoisotopic (exact) mass is 234 g/mol. The zero-order valence-electron chi connectivity index (χ0n) is 10.4. The highest BCUT2D eigenvalue weighted by atomic mass is 16.7. The summed E-state index contributed by atoms with van der Waals surface area (Å²) < 4.78 is 21.7. The van der Waals surface area contributed by atoms with Crippen LogP contribution in [0.1, 0.15) is 13.3 Å². The van der Waals surface area contributed by atoms with E-state index < -0.39 is 6.29 Å². The molecule has 5 heteroatoms. The van der Waals surface area contributed by atoms with Crippen molar-refractivity contribution < 1.29 is 24.1 Å². The summed E-state index contributed by atoms with van der Waals surface area (Å²) in [6.07, 6.45) is -0.218. The molecular formula is C11H22O5. The molecule has 96 valence electrons. The quantitative estimate of drug-likeness (QED) is 0.746. The van der Waals surface area contributed by atoms with Gasteiger partial charge in [-0.05, 0) is 6.42 Å². The third-order valence-corrected chi connectivity index (χ3v) is 3.19. The van der Waals surface area contributed by atoms with Crippen molar-refractivity contribution in [1.82, 2.24) is 0 Å². The summed E-state index contributed by atoms with van der Waals surface area (Å²) in [5, 5.41) is 9.41. The van der Waals surface area contributed by atoms with Crippen molar-refractivity contribution in [3.63, 3.8) is 0 Å². The highest BCUT2D eigenvalue weighted by molar-refractivity contribution is 4.90. The molecule has 1 rings (SSSR count). The molecule has 5 nitrogen and oxygen atoms in total. The van der Waals surface area contributed by atoms with Gasteiger partial charge in [-0.3, -0.25) is 0 Å². The number of ether oxygens (including phenoxy) is 4. The van der Waals surface area contributed by atoms with Gasteiger partial charge in [0.25, 0.3) is 0 Å². The second-order valence-electron chi connectivity index (χ2n) is 3.93. The maximum absolute atomic E-state index is 9.41. The van der Waals surface area contributed by atoms with Crippen LogP contribution >= 0.6 is 0 Å². The van der Waals surface area contributed by atoms with Crippen LogP contribution in [0.4, 0.5) is 0 Å². The van der Waals surface area contributed by atoms with E-state index in [1.807, 2.05) is 6.92 Å². The molecule has 0 amide bonds. The number of hydrogen-bond donors (Lipinski definition) is 1. The topological polar surface area (TPSA) is 57.2 Å². The van der Waals surface area contributed by atoms with Crippen molar-refractivity contribution in [2.45, 2.75) is 37.9 Å². The molecule has 5 unspecified atom stereocenters. The molecule has 1 aliphatic rings. The van der Waals surface area contributed by atoms with Crippen LogP contribution in [0, 0.1) is 5.92 Å². The number of aliphatic hydroxyl groups excluding tert-OH is 1. The smallest absolute Gasteiger partial charge is 0.186 e. The summed E-state index contributed by atoms with van der Waals surface area (Å²) in [7, 11) is 4.78. The van der Waals surface area contributed by atoms with Crippen molar-refractivity contribution in [3.05, 3.63) is 0 Å². The van der Waals surface area contributed by atoms with Crippen LogP contribution in [0.2, 0.25) is 0 Å². The fraction of sp³-hybridized carbons (Fsp3) is 1.00. The molecule has 0 spiro atoms. The van der Waals surface area contributed by atoms with E-state index in [1.54, 1.807) is 21.3 Å². The fourth-order valence-electron chi connectivity index (χ4n) is 2.32. The minimum absolute atomic E-state index is 0.0211. The van der Waals surface area contributed by atoms with E-state index in [9.17, 15) is 5.11 Å². The molecule has 1 heterocycles. The van der Waals surface area contributed by atoms with Gasteiger partial charge in [-0.15, -0.1) is 0 Å². The average molecular weight is 234 g/mol. The maximum atomic E-state index is 9.41. The van der Waals surface area contributed by atoms with Crippen LogP contribution < -0.4 is 0 Å².